The number of hydrogen-bond donors (Lipinski definition) is 1. The van der Waals surface area contributed by atoms with Crippen molar-refractivity contribution in [1.82, 2.24) is 0 Å². The third-order valence-corrected chi connectivity index (χ3v) is 3.49. The van der Waals surface area contributed by atoms with Gasteiger partial charge in [-0.3, -0.25) is 0 Å². The van der Waals surface area contributed by atoms with Crippen molar-refractivity contribution in [2.45, 2.75) is 32.8 Å². The molecule has 0 heterocycles. The van der Waals surface area contributed by atoms with Crippen LogP contribution in [0.5, 0.6) is 11.5 Å². The molecule has 106 valence electrons. The Balaban J connectivity index is 2.24. The van der Waals surface area contributed by atoms with E-state index >= 15 is 0 Å². The second-order valence-corrected chi connectivity index (χ2v) is 5.60. The Morgan fingerprint density at radius 3 is 2.35 bits per heavy atom. The highest BCUT2D eigenvalue weighted by molar-refractivity contribution is 6.32. The van der Waals surface area contributed by atoms with Crippen molar-refractivity contribution in [2.24, 2.45) is 0 Å². The highest BCUT2D eigenvalue weighted by atomic mass is 35.5. The second kappa shape index (κ2) is 6.29. The van der Waals surface area contributed by atoms with Crippen molar-refractivity contribution in [3.63, 3.8) is 0 Å². The van der Waals surface area contributed by atoms with E-state index < -0.39 is 6.10 Å². The molecule has 0 saturated carbocycles. The van der Waals surface area contributed by atoms with Gasteiger partial charge in [-0.15, -0.1) is 0 Å². The van der Waals surface area contributed by atoms with Gasteiger partial charge in [-0.1, -0.05) is 43.6 Å². The van der Waals surface area contributed by atoms with Crippen LogP contribution in [0.25, 0.3) is 0 Å². The molecule has 0 spiro atoms. The van der Waals surface area contributed by atoms with Crippen molar-refractivity contribution < 1.29 is 9.84 Å². The van der Waals surface area contributed by atoms with Gasteiger partial charge in [-0.2, -0.15) is 0 Å². The summed E-state index contributed by atoms with van der Waals surface area (Å²) in [6.45, 7) is 5.99. The zero-order valence-corrected chi connectivity index (χ0v) is 12.7. The summed E-state index contributed by atoms with van der Waals surface area (Å²) in [5, 5.41) is 10.0. The molecule has 0 aliphatic carbocycles. The van der Waals surface area contributed by atoms with Crippen LogP contribution in [0.15, 0.2) is 42.5 Å². The Morgan fingerprint density at radius 2 is 1.75 bits per heavy atom. The first kappa shape index (κ1) is 14.9. The topological polar surface area (TPSA) is 29.5 Å². The Hall–Kier alpha value is -1.51. The number of ether oxygens (including phenoxy) is 1. The lowest BCUT2D eigenvalue weighted by molar-refractivity contribution is 0.199. The highest BCUT2D eigenvalue weighted by Crippen LogP contribution is 2.32. The predicted octanol–water partition coefficient (Wildman–Crippen LogP) is 5.31. The quantitative estimate of drug-likeness (QED) is 0.827. The standard InChI is InChI=1S/C17H19ClO2/c1-11(2)13-5-4-6-15(9-13)20-17-8-7-14(12(3)19)10-16(17)18/h4-12,19H,1-3H3/t12-/m0/s1. The summed E-state index contributed by atoms with van der Waals surface area (Å²) in [4.78, 5) is 0. The van der Waals surface area contributed by atoms with Gasteiger partial charge < -0.3 is 9.84 Å². The van der Waals surface area contributed by atoms with Gasteiger partial charge in [0, 0.05) is 0 Å². The van der Waals surface area contributed by atoms with Crippen LogP contribution >= 0.6 is 11.6 Å². The molecule has 1 atom stereocenters. The fourth-order valence-corrected chi connectivity index (χ4v) is 2.15. The summed E-state index contributed by atoms with van der Waals surface area (Å²) in [6, 6.07) is 13.3. The number of benzene rings is 2. The van der Waals surface area contributed by atoms with E-state index in [2.05, 4.69) is 19.9 Å². The zero-order chi connectivity index (χ0) is 14.7. The normalized spacial score (nSPS) is 12.5. The average Bonchev–Trinajstić information content (AvgIpc) is 2.41. The van der Waals surface area contributed by atoms with Gasteiger partial charge in [0.15, 0.2) is 0 Å². The monoisotopic (exact) mass is 290 g/mol. The van der Waals surface area contributed by atoms with Gasteiger partial charge in [-0.25, -0.2) is 0 Å². The van der Waals surface area contributed by atoms with Gasteiger partial charge in [0.2, 0.25) is 0 Å². The summed E-state index contributed by atoms with van der Waals surface area (Å²) >= 11 is 6.19. The molecule has 3 heteroatoms. The van der Waals surface area contributed by atoms with Gasteiger partial charge in [0.25, 0.3) is 0 Å². The minimum absolute atomic E-state index is 0.451. The van der Waals surface area contributed by atoms with E-state index in [1.54, 1.807) is 19.1 Å². The third-order valence-electron chi connectivity index (χ3n) is 3.19. The molecule has 0 aromatic heterocycles. The van der Waals surface area contributed by atoms with Gasteiger partial charge in [0.05, 0.1) is 11.1 Å². The molecule has 0 fully saturated rings. The maximum atomic E-state index is 9.53. The molecule has 2 aromatic rings. The van der Waals surface area contributed by atoms with Crippen LogP contribution < -0.4 is 4.74 Å². The van der Waals surface area contributed by atoms with Crippen molar-refractivity contribution in [3.05, 3.63) is 58.6 Å². The third kappa shape index (κ3) is 3.53. The van der Waals surface area contributed by atoms with E-state index in [0.29, 0.717) is 16.7 Å². The van der Waals surface area contributed by atoms with Crippen molar-refractivity contribution in [1.29, 1.82) is 0 Å². The molecular formula is C17H19ClO2. The van der Waals surface area contributed by atoms with Crippen LogP contribution in [0.2, 0.25) is 5.02 Å². The Morgan fingerprint density at radius 1 is 1.00 bits per heavy atom. The Kier molecular flexibility index (Phi) is 4.69. The summed E-state index contributed by atoms with van der Waals surface area (Å²) < 4.78 is 5.82. The fourth-order valence-electron chi connectivity index (χ4n) is 1.92. The lowest BCUT2D eigenvalue weighted by atomic mass is 10.0. The lowest BCUT2D eigenvalue weighted by Gasteiger charge is -2.12. The number of halogens is 1. The van der Waals surface area contributed by atoms with Crippen molar-refractivity contribution >= 4 is 11.6 Å². The maximum absolute atomic E-state index is 9.53. The fraction of sp³-hybridized carbons (Fsp3) is 0.294. The Bertz CT molecular complexity index is 591. The number of rotatable bonds is 4. The van der Waals surface area contributed by atoms with Gasteiger partial charge in [0.1, 0.15) is 11.5 Å². The molecule has 0 aliphatic rings. The zero-order valence-electron chi connectivity index (χ0n) is 11.9. The van der Waals surface area contributed by atoms with Crippen LogP contribution in [0.3, 0.4) is 0 Å². The summed E-state index contributed by atoms with van der Waals surface area (Å²) in [7, 11) is 0. The average molecular weight is 291 g/mol. The molecule has 2 aromatic carbocycles. The molecule has 1 N–H and O–H groups in total. The number of aliphatic hydroxyl groups is 1. The van der Waals surface area contributed by atoms with Crippen LogP contribution in [0, 0.1) is 0 Å². The van der Waals surface area contributed by atoms with E-state index in [1.165, 1.54) is 5.56 Å². The van der Waals surface area contributed by atoms with Crippen LogP contribution in [-0.2, 0) is 0 Å². The van der Waals surface area contributed by atoms with E-state index in [-0.39, 0.29) is 0 Å². The maximum Gasteiger partial charge on any atom is 0.146 e. The molecule has 2 rings (SSSR count). The highest BCUT2D eigenvalue weighted by Gasteiger charge is 2.08. The van der Waals surface area contributed by atoms with Crippen LogP contribution in [0.4, 0.5) is 0 Å². The van der Waals surface area contributed by atoms with Crippen LogP contribution in [-0.4, -0.2) is 5.11 Å². The van der Waals surface area contributed by atoms with Crippen molar-refractivity contribution in [3.8, 4) is 11.5 Å². The van der Waals surface area contributed by atoms with E-state index in [0.717, 1.165) is 11.3 Å². The van der Waals surface area contributed by atoms with E-state index in [9.17, 15) is 5.11 Å². The van der Waals surface area contributed by atoms with E-state index in [4.69, 9.17) is 16.3 Å². The SMILES string of the molecule is CC(C)c1cccc(Oc2ccc([C@H](C)O)cc2Cl)c1. The van der Waals surface area contributed by atoms with Gasteiger partial charge >= 0.3 is 0 Å². The molecular weight excluding hydrogens is 272 g/mol. The first-order valence-corrected chi connectivity index (χ1v) is 7.10. The van der Waals surface area contributed by atoms with Gasteiger partial charge in [-0.05, 0) is 48.2 Å². The number of hydrogen-bond acceptors (Lipinski definition) is 2. The smallest absolute Gasteiger partial charge is 0.146 e. The number of aliphatic hydroxyl groups excluding tert-OH is 1. The largest absolute Gasteiger partial charge is 0.456 e. The molecule has 2 nitrogen and oxygen atoms in total. The van der Waals surface area contributed by atoms with Crippen LogP contribution in [0.1, 0.15) is 43.9 Å². The Labute approximate surface area is 125 Å². The summed E-state index contributed by atoms with van der Waals surface area (Å²) in [5.41, 5.74) is 2.00. The summed E-state index contributed by atoms with van der Waals surface area (Å²) in [5.74, 6) is 1.81. The molecule has 0 aliphatic heterocycles. The molecule has 0 amide bonds. The summed E-state index contributed by atoms with van der Waals surface area (Å²) in [6.07, 6.45) is -0.536. The molecule has 0 radical (unpaired) electrons. The minimum atomic E-state index is -0.536. The minimum Gasteiger partial charge on any atom is -0.456 e. The molecule has 20 heavy (non-hydrogen) atoms. The van der Waals surface area contributed by atoms with Crippen molar-refractivity contribution in [2.75, 3.05) is 0 Å². The second-order valence-electron chi connectivity index (χ2n) is 5.20. The predicted molar refractivity (Wildman–Crippen MR) is 82.7 cm³/mol. The molecule has 0 unspecified atom stereocenters. The molecule has 0 saturated heterocycles. The molecule has 0 bridgehead atoms. The van der Waals surface area contributed by atoms with E-state index in [1.807, 2.05) is 24.3 Å². The lowest BCUT2D eigenvalue weighted by Crippen LogP contribution is -1.93. The first-order valence-electron chi connectivity index (χ1n) is 6.72. The first-order chi connectivity index (χ1) is 9.47.